The third-order valence-electron chi connectivity index (χ3n) is 2.69. The number of pyridine rings is 1. The van der Waals surface area contributed by atoms with E-state index in [9.17, 15) is 0 Å². The lowest BCUT2D eigenvalue weighted by Crippen LogP contribution is -1.98. The Balaban J connectivity index is 2.49. The van der Waals surface area contributed by atoms with Gasteiger partial charge in [0.15, 0.2) is 0 Å². The molecule has 0 unspecified atom stereocenters. The molecule has 0 aliphatic rings. The summed E-state index contributed by atoms with van der Waals surface area (Å²) in [6, 6.07) is 11.7. The third kappa shape index (κ3) is 2.94. The monoisotopic (exact) mass is 228 g/mol. The first-order valence-electron chi connectivity index (χ1n) is 7.43. The molecule has 0 saturated heterocycles. The van der Waals surface area contributed by atoms with Gasteiger partial charge in [0.25, 0.3) is 0 Å². The summed E-state index contributed by atoms with van der Waals surface area (Å²) in [5, 5.41) is 0. The molecule has 1 heterocycles. The maximum absolute atomic E-state index is 7.63. The molecule has 0 aliphatic heterocycles. The second-order valence-electron chi connectivity index (χ2n) is 4.69. The van der Waals surface area contributed by atoms with Crippen molar-refractivity contribution in [3.05, 3.63) is 53.7 Å². The molecule has 0 spiro atoms. The van der Waals surface area contributed by atoms with Crippen LogP contribution in [0.4, 0.5) is 0 Å². The van der Waals surface area contributed by atoms with Crippen LogP contribution in [0.3, 0.4) is 0 Å². The molecule has 0 fully saturated rings. The van der Waals surface area contributed by atoms with E-state index < -0.39 is 6.85 Å². The zero-order chi connectivity index (χ0) is 14.8. The summed E-state index contributed by atoms with van der Waals surface area (Å²) in [5.41, 5.74) is 3.07. The van der Waals surface area contributed by atoms with Gasteiger partial charge in [-0.15, -0.1) is 0 Å². The first-order chi connectivity index (χ1) is 9.38. The van der Waals surface area contributed by atoms with Crippen molar-refractivity contribution < 1.29 is 4.11 Å². The van der Waals surface area contributed by atoms with Crippen LogP contribution in [-0.2, 0) is 6.42 Å². The van der Waals surface area contributed by atoms with Gasteiger partial charge in [0.05, 0.1) is 5.69 Å². The van der Waals surface area contributed by atoms with Crippen molar-refractivity contribution in [2.75, 3.05) is 0 Å². The maximum Gasteiger partial charge on any atom is 0.0704 e. The Bertz CT molecular complexity index is 574. The van der Waals surface area contributed by atoms with Gasteiger partial charge in [-0.25, -0.2) is 0 Å². The van der Waals surface area contributed by atoms with Gasteiger partial charge in [0, 0.05) is 15.9 Å². The fourth-order valence-electron chi connectivity index (χ4n) is 1.87. The number of benzene rings is 1. The van der Waals surface area contributed by atoms with E-state index in [2.05, 4.69) is 18.8 Å². The fraction of sp³-hybridized carbons (Fsp3) is 0.312. The van der Waals surface area contributed by atoms with E-state index in [1.54, 1.807) is 0 Å². The zero-order valence-corrected chi connectivity index (χ0v) is 10.3. The summed E-state index contributed by atoms with van der Waals surface area (Å²) in [7, 11) is 0. The Morgan fingerprint density at radius 1 is 1.24 bits per heavy atom. The molecule has 1 aromatic heterocycles. The highest BCUT2D eigenvalue weighted by molar-refractivity contribution is 5.60. The van der Waals surface area contributed by atoms with Crippen molar-refractivity contribution in [3.8, 4) is 11.3 Å². The van der Waals surface area contributed by atoms with Crippen molar-refractivity contribution >= 4 is 0 Å². The Morgan fingerprint density at radius 2 is 2.00 bits per heavy atom. The van der Waals surface area contributed by atoms with Crippen molar-refractivity contribution in [1.29, 1.82) is 0 Å². The molecule has 0 N–H and O–H groups in total. The molecule has 0 radical (unpaired) electrons. The van der Waals surface area contributed by atoms with Gasteiger partial charge in [-0.1, -0.05) is 44.2 Å². The van der Waals surface area contributed by atoms with Crippen molar-refractivity contribution in [2.24, 2.45) is 5.92 Å². The van der Waals surface area contributed by atoms with Crippen LogP contribution in [0, 0.1) is 12.8 Å². The van der Waals surface area contributed by atoms with Crippen LogP contribution in [0.5, 0.6) is 0 Å². The van der Waals surface area contributed by atoms with Gasteiger partial charge < -0.3 is 0 Å². The summed E-state index contributed by atoms with van der Waals surface area (Å²) in [5.74, 6) is 0.405. The summed E-state index contributed by atoms with van der Waals surface area (Å²) in [6.07, 6.45) is 2.25. The van der Waals surface area contributed by atoms with Gasteiger partial charge >= 0.3 is 0 Å². The number of aryl methyl sites for hydroxylation is 1. The zero-order valence-electron chi connectivity index (χ0n) is 13.3. The molecule has 1 nitrogen and oxygen atoms in total. The average molecular weight is 228 g/mol. The standard InChI is InChI=1S/C16H19N/c1-12(2)9-15-10-16(17-11-13(15)3)14-7-5-4-6-8-14/h4-8,10-12H,9H2,1-3H3/i3D3. The first-order valence-corrected chi connectivity index (χ1v) is 5.93. The van der Waals surface area contributed by atoms with Crippen LogP contribution < -0.4 is 0 Å². The second kappa shape index (κ2) is 5.13. The van der Waals surface area contributed by atoms with Crippen LogP contribution in [0.2, 0.25) is 0 Å². The molecule has 1 heteroatoms. The summed E-state index contributed by atoms with van der Waals surface area (Å²) >= 11 is 0. The lowest BCUT2D eigenvalue weighted by Gasteiger charge is -2.10. The predicted molar refractivity (Wildman–Crippen MR) is 73.0 cm³/mol. The molecule has 88 valence electrons. The Morgan fingerprint density at radius 3 is 2.65 bits per heavy atom. The van der Waals surface area contributed by atoms with E-state index >= 15 is 0 Å². The minimum absolute atomic E-state index is 0.367. The topological polar surface area (TPSA) is 12.9 Å². The van der Waals surface area contributed by atoms with Crippen LogP contribution in [0.15, 0.2) is 42.6 Å². The highest BCUT2D eigenvalue weighted by atomic mass is 14.7. The third-order valence-corrected chi connectivity index (χ3v) is 2.69. The number of rotatable bonds is 3. The van der Waals surface area contributed by atoms with E-state index in [4.69, 9.17) is 4.11 Å². The summed E-state index contributed by atoms with van der Waals surface area (Å²) in [6.45, 7) is 2.07. The van der Waals surface area contributed by atoms with Crippen LogP contribution in [0.25, 0.3) is 11.3 Å². The molecule has 2 aromatic rings. The minimum Gasteiger partial charge on any atom is -0.256 e. The second-order valence-corrected chi connectivity index (χ2v) is 4.69. The number of hydrogen-bond donors (Lipinski definition) is 0. The molecule has 0 saturated carbocycles. The fourth-order valence-corrected chi connectivity index (χ4v) is 1.87. The van der Waals surface area contributed by atoms with Crippen LogP contribution in [0.1, 0.15) is 29.1 Å². The van der Waals surface area contributed by atoms with Gasteiger partial charge in [0.2, 0.25) is 0 Å². The minimum atomic E-state index is -2.10. The van der Waals surface area contributed by atoms with E-state index in [0.717, 1.165) is 23.2 Å². The molecule has 2 rings (SSSR count). The molecule has 1 aromatic carbocycles. The molecular weight excluding hydrogens is 206 g/mol. The number of nitrogens with zero attached hydrogens (tertiary/aromatic N) is 1. The van der Waals surface area contributed by atoms with Crippen molar-refractivity contribution in [2.45, 2.75) is 27.1 Å². The first kappa shape index (κ1) is 8.46. The van der Waals surface area contributed by atoms with E-state index in [-0.39, 0.29) is 0 Å². The summed E-state index contributed by atoms with van der Waals surface area (Å²) in [4.78, 5) is 4.32. The molecule has 0 aliphatic carbocycles. The highest BCUT2D eigenvalue weighted by Crippen LogP contribution is 2.21. The number of hydrogen-bond acceptors (Lipinski definition) is 1. The van der Waals surface area contributed by atoms with Gasteiger partial charge in [0.1, 0.15) is 0 Å². The van der Waals surface area contributed by atoms with E-state index in [0.29, 0.717) is 11.5 Å². The maximum atomic E-state index is 7.63. The van der Waals surface area contributed by atoms with Gasteiger partial charge in [-0.2, -0.15) is 0 Å². The van der Waals surface area contributed by atoms with Gasteiger partial charge in [-0.05, 0) is 36.4 Å². The van der Waals surface area contributed by atoms with E-state index in [1.807, 2.05) is 36.4 Å². The van der Waals surface area contributed by atoms with Crippen LogP contribution in [-0.4, -0.2) is 4.98 Å². The quantitative estimate of drug-likeness (QED) is 0.765. The van der Waals surface area contributed by atoms with E-state index in [1.165, 1.54) is 6.20 Å². The predicted octanol–water partition coefficient (Wildman–Crippen LogP) is 4.26. The Kier molecular flexibility index (Phi) is 2.55. The SMILES string of the molecule is [2H]C([2H])([2H])c1cnc(-c2ccccc2)cc1CC(C)C. The molecule has 0 bridgehead atoms. The molecule has 17 heavy (non-hydrogen) atoms. The summed E-state index contributed by atoms with van der Waals surface area (Å²) < 4.78 is 22.9. The van der Waals surface area contributed by atoms with Crippen molar-refractivity contribution in [3.63, 3.8) is 0 Å². The Hall–Kier alpha value is -1.63. The smallest absolute Gasteiger partial charge is 0.0704 e. The van der Waals surface area contributed by atoms with Crippen molar-refractivity contribution in [1.82, 2.24) is 4.98 Å². The molecule has 0 atom stereocenters. The molecule has 0 amide bonds. The largest absolute Gasteiger partial charge is 0.256 e. The average Bonchev–Trinajstić information content (AvgIpc) is 2.37. The Labute approximate surface area is 108 Å². The number of aromatic nitrogens is 1. The molecular formula is C16H19N. The highest BCUT2D eigenvalue weighted by Gasteiger charge is 2.05. The van der Waals surface area contributed by atoms with Crippen LogP contribution >= 0.6 is 0 Å². The normalized spacial score (nSPS) is 14.2. The lowest BCUT2D eigenvalue weighted by atomic mass is 9.98. The lowest BCUT2D eigenvalue weighted by molar-refractivity contribution is 0.644. The van der Waals surface area contributed by atoms with Gasteiger partial charge in [-0.3, -0.25) is 4.98 Å².